The van der Waals surface area contributed by atoms with Crippen LogP contribution in [-0.4, -0.2) is 27.0 Å². The van der Waals surface area contributed by atoms with Crippen molar-refractivity contribution in [2.75, 3.05) is 5.32 Å². The Morgan fingerprint density at radius 1 is 1.32 bits per heavy atom. The highest BCUT2D eigenvalue weighted by atomic mass is 16.4. The molecule has 0 saturated heterocycles. The Morgan fingerprint density at radius 2 is 2.05 bits per heavy atom. The lowest BCUT2D eigenvalue weighted by atomic mass is 10.3. The number of carboxylic acids is 1. The van der Waals surface area contributed by atoms with Gasteiger partial charge in [-0.2, -0.15) is 0 Å². The molecule has 2 aromatic rings. The summed E-state index contributed by atoms with van der Waals surface area (Å²) in [7, 11) is 0. The predicted molar refractivity (Wildman–Crippen MR) is 69.4 cm³/mol. The molecule has 0 unspecified atom stereocenters. The van der Waals surface area contributed by atoms with Gasteiger partial charge in [-0.05, 0) is 32.0 Å². The number of anilines is 1. The fraction of sp³-hybridized carbons (Fsp3) is 0.154. The van der Waals surface area contributed by atoms with E-state index in [0.717, 1.165) is 5.69 Å². The van der Waals surface area contributed by atoms with Crippen LogP contribution in [0.3, 0.4) is 0 Å². The highest BCUT2D eigenvalue weighted by Crippen LogP contribution is 2.17. The smallest absolute Gasteiger partial charge is 0.354 e. The van der Waals surface area contributed by atoms with Crippen molar-refractivity contribution in [3.8, 4) is 0 Å². The molecule has 0 aromatic carbocycles. The van der Waals surface area contributed by atoms with Crippen molar-refractivity contribution in [1.29, 1.82) is 0 Å². The number of rotatable bonds is 3. The van der Waals surface area contributed by atoms with Gasteiger partial charge in [0.1, 0.15) is 11.4 Å². The molecule has 6 heteroatoms. The van der Waals surface area contributed by atoms with Gasteiger partial charge in [-0.3, -0.25) is 4.79 Å². The van der Waals surface area contributed by atoms with Gasteiger partial charge in [-0.1, -0.05) is 6.07 Å². The first-order valence-corrected chi connectivity index (χ1v) is 5.65. The molecule has 0 radical (unpaired) electrons. The van der Waals surface area contributed by atoms with E-state index in [9.17, 15) is 9.59 Å². The summed E-state index contributed by atoms with van der Waals surface area (Å²) in [5.74, 6) is -1.56. The zero-order valence-corrected chi connectivity index (χ0v) is 10.5. The molecule has 0 aliphatic carbocycles. The third-order valence-electron chi connectivity index (χ3n) is 2.54. The van der Waals surface area contributed by atoms with Crippen molar-refractivity contribution >= 4 is 17.6 Å². The van der Waals surface area contributed by atoms with Gasteiger partial charge >= 0.3 is 5.97 Å². The highest BCUT2D eigenvalue weighted by Gasteiger charge is 2.16. The standard InChI is InChI=1S/C13H13N3O3/c1-7-4-3-5-9(14-7)12(17)16-10-6-8(2)15-11(10)13(18)19/h3-6,15H,1-2H3,(H,16,17)(H,18,19). The van der Waals surface area contributed by atoms with Gasteiger partial charge in [0, 0.05) is 11.4 Å². The van der Waals surface area contributed by atoms with Gasteiger partial charge in [0.25, 0.3) is 5.91 Å². The Labute approximate surface area is 109 Å². The Kier molecular flexibility index (Phi) is 3.33. The van der Waals surface area contributed by atoms with Crippen LogP contribution in [0.25, 0.3) is 0 Å². The summed E-state index contributed by atoms with van der Waals surface area (Å²) in [4.78, 5) is 29.7. The summed E-state index contributed by atoms with van der Waals surface area (Å²) in [6.45, 7) is 3.49. The fourth-order valence-electron chi connectivity index (χ4n) is 1.71. The van der Waals surface area contributed by atoms with E-state index in [-0.39, 0.29) is 17.1 Å². The van der Waals surface area contributed by atoms with Gasteiger partial charge in [0.05, 0.1) is 5.69 Å². The number of hydrogen-bond donors (Lipinski definition) is 3. The minimum absolute atomic E-state index is 0.0431. The maximum atomic E-state index is 12.0. The number of nitrogens with one attached hydrogen (secondary N) is 2. The maximum Gasteiger partial charge on any atom is 0.354 e. The molecule has 0 aliphatic rings. The molecule has 98 valence electrons. The Hall–Kier alpha value is -2.63. The zero-order chi connectivity index (χ0) is 14.0. The quantitative estimate of drug-likeness (QED) is 0.785. The van der Waals surface area contributed by atoms with E-state index in [2.05, 4.69) is 15.3 Å². The van der Waals surface area contributed by atoms with Gasteiger partial charge < -0.3 is 15.4 Å². The van der Waals surface area contributed by atoms with E-state index in [1.165, 1.54) is 0 Å². The van der Waals surface area contributed by atoms with E-state index in [0.29, 0.717) is 5.69 Å². The average molecular weight is 259 g/mol. The van der Waals surface area contributed by atoms with E-state index in [1.54, 1.807) is 38.1 Å². The van der Waals surface area contributed by atoms with Crippen LogP contribution >= 0.6 is 0 Å². The molecule has 2 aromatic heterocycles. The molecule has 2 heterocycles. The van der Waals surface area contributed by atoms with Crippen LogP contribution in [0.2, 0.25) is 0 Å². The van der Waals surface area contributed by atoms with Crippen molar-refractivity contribution in [1.82, 2.24) is 9.97 Å². The first kappa shape index (κ1) is 12.8. The Balaban J connectivity index is 2.26. The molecule has 19 heavy (non-hydrogen) atoms. The van der Waals surface area contributed by atoms with Gasteiger partial charge in [0.2, 0.25) is 0 Å². The summed E-state index contributed by atoms with van der Waals surface area (Å²) in [5, 5.41) is 11.6. The minimum atomic E-state index is -1.12. The van der Waals surface area contributed by atoms with Gasteiger partial charge in [0.15, 0.2) is 0 Å². The number of aryl methyl sites for hydroxylation is 2. The summed E-state index contributed by atoms with van der Waals surface area (Å²) in [5.41, 5.74) is 1.81. The number of pyridine rings is 1. The van der Waals surface area contributed by atoms with Crippen LogP contribution in [-0.2, 0) is 0 Å². The minimum Gasteiger partial charge on any atom is -0.477 e. The zero-order valence-electron chi connectivity index (χ0n) is 10.5. The van der Waals surface area contributed by atoms with Crippen LogP contribution in [0, 0.1) is 13.8 Å². The monoisotopic (exact) mass is 259 g/mol. The SMILES string of the molecule is Cc1cccc(C(=O)Nc2cc(C)[nH]c2C(=O)O)n1. The molecule has 0 atom stereocenters. The van der Waals surface area contributed by atoms with Gasteiger partial charge in [-0.25, -0.2) is 9.78 Å². The molecule has 2 rings (SSSR count). The first-order valence-electron chi connectivity index (χ1n) is 5.65. The summed E-state index contributed by atoms with van der Waals surface area (Å²) >= 11 is 0. The number of carboxylic acid groups (broad SMARTS) is 1. The van der Waals surface area contributed by atoms with Crippen molar-refractivity contribution in [3.05, 3.63) is 47.0 Å². The number of carbonyl (C=O) groups is 2. The maximum absolute atomic E-state index is 12.0. The Bertz CT molecular complexity index is 646. The number of aromatic nitrogens is 2. The van der Waals surface area contributed by atoms with Crippen molar-refractivity contribution in [2.45, 2.75) is 13.8 Å². The van der Waals surface area contributed by atoms with E-state index in [1.807, 2.05) is 0 Å². The van der Waals surface area contributed by atoms with Crippen LogP contribution in [0.1, 0.15) is 32.4 Å². The average Bonchev–Trinajstić information content (AvgIpc) is 2.70. The number of aromatic amines is 1. The third kappa shape index (κ3) is 2.79. The Morgan fingerprint density at radius 3 is 2.68 bits per heavy atom. The van der Waals surface area contributed by atoms with Crippen molar-refractivity contribution in [2.24, 2.45) is 0 Å². The molecule has 0 saturated carbocycles. The summed E-state index contributed by atoms with van der Waals surface area (Å²) < 4.78 is 0. The molecule has 0 aliphatic heterocycles. The second kappa shape index (κ2) is 4.93. The number of nitrogens with zero attached hydrogens (tertiary/aromatic N) is 1. The normalized spacial score (nSPS) is 10.2. The van der Waals surface area contributed by atoms with Crippen LogP contribution in [0.4, 0.5) is 5.69 Å². The molecular weight excluding hydrogens is 246 g/mol. The van der Waals surface area contributed by atoms with Crippen LogP contribution in [0.5, 0.6) is 0 Å². The lowest BCUT2D eigenvalue weighted by molar-refractivity contribution is 0.0692. The molecule has 0 fully saturated rings. The molecular formula is C13H13N3O3. The van der Waals surface area contributed by atoms with Crippen LogP contribution in [0.15, 0.2) is 24.3 Å². The van der Waals surface area contributed by atoms with Crippen LogP contribution < -0.4 is 5.32 Å². The fourth-order valence-corrected chi connectivity index (χ4v) is 1.71. The van der Waals surface area contributed by atoms with E-state index >= 15 is 0 Å². The third-order valence-corrected chi connectivity index (χ3v) is 2.54. The van der Waals surface area contributed by atoms with Crippen molar-refractivity contribution in [3.63, 3.8) is 0 Å². The molecule has 3 N–H and O–H groups in total. The number of amides is 1. The topological polar surface area (TPSA) is 95.1 Å². The number of H-pyrrole nitrogens is 1. The van der Waals surface area contributed by atoms with Crippen molar-refractivity contribution < 1.29 is 14.7 Å². The molecule has 6 nitrogen and oxygen atoms in total. The largest absolute Gasteiger partial charge is 0.477 e. The number of aromatic carboxylic acids is 1. The molecule has 0 bridgehead atoms. The molecule has 0 spiro atoms. The van der Waals surface area contributed by atoms with Gasteiger partial charge in [-0.15, -0.1) is 0 Å². The highest BCUT2D eigenvalue weighted by molar-refractivity contribution is 6.06. The second-order valence-corrected chi connectivity index (χ2v) is 4.16. The lowest BCUT2D eigenvalue weighted by Gasteiger charge is -2.04. The number of carbonyl (C=O) groups excluding carboxylic acids is 1. The summed E-state index contributed by atoms with van der Waals surface area (Å²) in [6.07, 6.45) is 0. The second-order valence-electron chi connectivity index (χ2n) is 4.16. The number of hydrogen-bond acceptors (Lipinski definition) is 3. The summed E-state index contributed by atoms with van der Waals surface area (Å²) in [6, 6.07) is 6.64. The molecule has 1 amide bonds. The van der Waals surface area contributed by atoms with E-state index < -0.39 is 11.9 Å². The lowest BCUT2D eigenvalue weighted by Crippen LogP contribution is -2.15. The predicted octanol–water partition coefficient (Wildman–Crippen LogP) is 1.98. The van der Waals surface area contributed by atoms with E-state index in [4.69, 9.17) is 5.11 Å². The first-order chi connectivity index (χ1) is 8.97.